The van der Waals surface area contributed by atoms with Crippen LogP contribution in [0.15, 0.2) is 36.4 Å². The van der Waals surface area contributed by atoms with Gasteiger partial charge in [-0.1, -0.05) is 24.3 Å². The topological polar surface area (TPSA) is 38.9 Å². The minimum Gasteiger partial charge on any atom is -0.320 e. The van der Waals surface area contributed by atoms with Gasteiger partial charge in [0, 0.05) is 11.4 Å². The van der Waals surface area contributed by atoms with Crippen molar-refractivity contribution in [2.24, 2.45) is 5.73 Å². The van der Waals surface area contributed by atoms with Gasteiger partial charge in [0.05, 0.1) is 11.6 Å². The van der Waals surface area contributed by atoms with Crippen molar-refractivity contribution >= 4 is 0 Å². The van der Waals surface area contributed by atoms with Crippen LogP contribution in [0.3, 0.4) is 0 Å². The van der Waals surface area contributed by atoms with Gasteiger partial charge in [-0.15, -0.1) is 0 Å². The van der Waals surface area contributed by atoms with Gasteiger partial charge >= 0.3 is 6.18 Å². The summed E-state index contributed by atoms with van der Waals surface area (Å²) in [4.78, 5) is 4.25. The summed E-state index contributed by atoms with van der Waals surface area (Å²) in [5, 5.41) is 0. The van der Waals surface area contributed by atoms with Crippen LogP contribution in [0.25, 0.3) is 0 Å². The van der Waals surface area contributed by atoms with Gasteiger partial charge in [-0.2, -0.15) is 13.2 Å². The summed E-state index contributed by atoms with van der Waals surface area (Å²) in [5.41, 5.74) is 7.45. The van der Waals surface area contributed by atoms with E-state index in [4.69, 9.17) is 5.73 Å². The highest BCUT2D eigenvalue weighted by molar-refractivity contribution is 5.40. The predicted molar refractivity (Wildman–Crippen MR) is 71.2 cm³/mol. The molecule has 20 heavy (non-hydrogen) atoms. The Morgan fingerprint density at radius 2 is 1.65 bits per heavy atom. The molecule has 1 heterocycles. The molecule has 106 valence electrons. The molecule has 5 heteroatoms. The number of pyridine rings is 1. The largest absolute Gasteiger partial charge is 0.416 e. The van der Waals surface area contributed by atoms with Crippen LogP contribution in [0.5, 0.6) is 0 Å². The lowest BCUT2D eigenvalue weighted by Crippen LogP contribution is -2.19. The van der Waals surface area contributed by atoms with Crippen molar-refractivity contribution in [2.45, 2.75) is 26.1 Å². The Kier molecular flexibility index (Phi) is 3.81. The number of hydrogen-bond donors (Lipinski definition) is 1. The van der Waals surface area contributed by atoms with Crippen LogP contribution in [0, 0.1) is 13.8 Å². The molecule has 0 amide bonds. The summed E-state index contributed by atoms with van der Waals surface area (Å²) in [6.07, 6.45) is -4.42. The third-order valence-corrected chi connectivity index (χ3v) is 3.20. The van der Waals surface area contributed by atoms with Gasteiger partial charge in [0.25, 0.3) is 0 Å². The molecule has 0 saturated heterocycles. The number of aryl methyl sites for hydroxylation is 2. The Bertz CT molecular complexity index is 621. The molecule has 1 aromatic carbocycles. The second-order valence-corrected chi connectivity index (χ2v) is 4.69. The van der Waals surface area contributed by atoms with Gasteiger partial charge in [0.1, 0.15) is 0 Å². The van der Waals surface area contributed by atoms with Gasteiger partial charge in [-0.3, -0.25) is 4.98 Å². The lowest BCUT2D eigenvalue weighted by Gasteiger charge is -2.19. The molecule has 0 aliphatic rings. The third kappa shape index (κ3) is 2.82. The van der Waals surface area contributed by atoms with Crippen LogP contribution in [0.2, 0.25) is 0 Å². The fourth-order valence-corrected chi connectivity index (χ4v) is 2.22. The van der Waals surface area contributed by atoms with E-state index in [1.165, 1.54) is 12.1 Å². The van der Waals surface area contributed by atoms with Gasteiger partial charge in [-0.05, 0) is 37.1 Å². The van der Waals surface area contributed by atoms with E-state index in [2.05, 4.69) is 4.98 Å². The Morgan fingerprint density at radius 1 is 1.00 bits per heavy atom. The van der Waals surface area contributed by atoms with Gasteiger partial charge in [-0.25, -0.2) is 0 Å². The first-order chi connectivity index (χ1) is 9.30. The molecule has 0 fully saturated rings. The van der Waals surface area contributed by atoms with E-state index in [9.17, 15) is 13.2 Å². The summed E-state index contributed by atoms with van der Waals surface area (Å²) in [7, 11) is 0. The molecular formula is C15H15F3N2. The molecule has 1 aromatic heterocycles. The maximum absolute atomic E-state index is 13.0. The molecule has 2 rings (SSSR count). The van der Waals surface area contributed by atoms with E-state index in [1.807, 2.05) is 6.92 Å². The SMILES string of the molecule is Cc1ccc(C(N)c2ccccc2C(F)(F)F)c(C)n1. The van der Waals surface area contributed by atoms with E-state index >= 15 is 0 Å². The van der Waals surface area contributed by atoms with E-state index in [1.54, 1.807) is 25.1 Å². The average molecular weight is 280 g/mol. The maximum atomic E-state index is 13.0. The van der Waals surface area contributed by atoms with Crippen LogP contribution in [-0.4, -0.2) is 4.98 Å². The molecule has 2 N–H and O–H groups in total. The minimum atomic E-state index is -4.42. The summed E-state index contributed by atoms with van der Waals surface area (Å²) in [6, 6.07) is 8.01. The second-order valence-electron chi connectivity index (χ2n) is 4.69. The van der Waals surface area contributed by atoms with Crippen molar-refractivity contribution < 1.29 is 13.2 Å². The van der Waals surface area contributed by atoms with E-state index in [0.717, 1.165) is 11.8 Å². The fraction of sp³-hybridized carbons (Fsp3) is 0.267. The highest BCUT2D eigenvalue weighted by Crippen LogP contribution is 2.36. The average Bonchev–Trinajstić information content (AvgIpc) is 2.37. The first-order valence-corrected chi connectivity index (χ1v) is 6.16. The second kappa shape index (κ2) is 5.25. The highest BCUT2D eigenvalue weighted by Gasteiger charge is 2.34. The molecule has 0 aliphatic heterocycles. The number of rotatable bonds is 2. The molecule has 2 aromatic rings. The Hall–Kier alpha value is -1.88. The van der Waals surface area contributed by atoms with Crippen molar-refractivity contribution in [3.63, 3.8) is 0 Å². The molecule has 1 atom stereocenters. The first-order valence-electron chi connectivity index (χ1n) is 6.16. The number of alkyl halides is 3. The fourth-order valence-electron chi connectivity index (χ4n) is 2.22. The highest BCUT2D eigenvalue weighted by atomic mass is 19.4. The van der Waals surface area contributed by atoms with Crippen LogP contribution >= 0.6 is 0 Å². The number of benzene rings is 1. The number of halogens is 3. The van der Waals surface area contributed by atoms with Crippen LogP contribution < -0.4 is 5.73 Å². The summed E-state index contributed by atoms with van der Waals surface area (Å²) >= 11 is 0. The van der Waals surface area contributed by atoms with Crippen LogP contribution in [-0.2, 0) is 6.18 Å². The van der Waals surface area contributed by atoms with Gasteiger partial charge in [0.15, 0.2) is 0 Å². The number of nitrogens with two attached hydrogens (primary N) is 1. The zero-order valence-corrected chi connectivity index (χ0v) is 11.2. The van der Waals surface area contributed by atoms with Crippen LogP contribution in [0.4, 0.5) is 13.2 Å². The zero-order chi connectivity index (χ0) is 14.9. The van der Waals surface area contributed by atoms with Crippen molar-refractivity contribution in [3.05, 3.63) is 64.5 Å². The van der Waals surface area contributed by atoms with Crippen molar-refractivity contribution in [2.75, 3.05) is 0 Å². The molecule has 1 unspecified atom stereocenters. The lowest BCUT2D eigenvalue weighted by atomic mass is 9.94. The lowest BCUT2D eigenvalue weighted by molar-refractivity contribution is -0.138. The smallest absolute Gasteiger partial charge is 0.320 e. The van der Waals surface area contributed by atoms with Gasteiger partial charge < -0.3 is 5.73 Å². The standard InChI is InChI=1S/C15H15F3N2/c1-9-7-8-11(10(2)20-9)14(19)12-5-3-4-6-13(12)15(16,17)18/h3-8,14H,19H2,1-2H3. The molecular weight excluding hydrogens is 265 g/mol. The van der Waals surface area contributed by atoms with Crippen molar-refractivity contribution in [3.8, 4) is 0 Å². The van der Waals surface area contributed by atoms with Crippen LogP contribution in [0.1, 0.15) is 34.1 Å². The Labute approximate surface area is 115 Å². The summed E-state index contributed by atoms with van der Waals surface area (Å²) < 4.78 is 39.1. The Balaban J connectivity index is 2.51. The molecule has 0 saturated carbocycles. The zero-order valence-electron chi connectivity index (χ0n) is 11.2. The maximum Gasteiger partial charge on any atom is 0.416 e. The van der Waals surface area contributed by atoms with E-state index in [-0.39, 0.29) is 5.56 Å². The summed E-state index contributed by atoms with van der Waals surface area (Å²) in [6.45, 7) is 3.57. The van der Waals surface area contributed by atoms with Crippen molar-refractivity contribution in [1.82, 2.24) is 4.98 Å². The minimum absolute atomic E-state index is 0.0637. The molecule has 0 radical (unpaired) electrons. The number of hydrogen-bond acceptors (Lipinski definition) is 2. The normalized spacial score (nSPS) is 13.3. The molecule has 0 spiro atoms. The first kappa shape index (κ1) is 14.5. The molecule has 0 aliphatic carbocycles. The van der Waals surface area contributed by atoms with E-state index in [0.29, 0.717) is 11.3 Å². The predicted octanol–water partition coefficient (Wildman–Crippen LogP) is 3.77. The van der Waals surface area contributed by atoms with Crippen molar-refractivity contribution in [1.29, 1.82) is 0 Å². The van der Waals surface area contributed by atoms with E-state index < -0.39 is 17.8 Å². The quantitative estimate of drug-likeness (QED) is 0.909. The molecule has 2 nitrogen and oxygen atoms in total. The monoisotopic (exact) mass is 280 g/mol. The number of aromatic nitrogens is 1. The third-order valence-electron chi connectivity index (χ3n) is 3.20. The Morgan fingerprint density at radius 3 is 2.25 bits per heavy atom. The summed E-state index contributed by atoms with van der Waals surface area (Å²) in [5.74, 6) is 0. The molecule has 0 bridgehead atoms. The number of nitrogens with zero attached hydrogens (tertiary/aromatic N) is 1. The van der Waals surface area contributed by atoms with Gasteiger partial charge in [0.2, 0.25) is 0 Å².